The summed E-state index contributed by atoms with van der Waals surface area (Å²) in [4.78, 5) is 0. The fourth-order valence-electron chi connectivity index (χ4n) is 2.37. The van der Waals surface area contributed by atoms with Gasteiger partial charge in [0.05, 0.1) is 17.3 Å². The summed E-state index contributed by atoms with van der Waals surface area (Å²) in [7, 11) is 1.73. The lowest BCUT2D eigenvalue weighted by atomic mass is 10.0. The Bertz CT molecular complexity index is 590. The molecule has 1 aromatic heterocycles. The maximum atomic E-state index is 12.8. The minimum absolute atomic E-state index is 0.318. The molecule has 0 aliphatic carbocycles. The van der Waals surface area contributed by atoms with Crippen molar-refractivity contribution in [2.45, 2.75) is 32.1 Å². The molecule has 114 valence electrons. The standard InChI is InChI=1S/C15H18F3N3/c1-3-9-21-13(7-8-20-21)14(19-2)11-5-4-6-12(10-11)15(16,17)18/h4-8,10,14,19H,3,9H2,1-2H3. The summed E-state index contributed by atoms with van der Waals surface area (Å²) in [6, 6.07) is 6.91. The van der Waals surface area contributed by atoms with Gasteiger partial charge in [-0.05, 0) is 37.2 Å². The van der Waals surface area contributed by atoms with Gasteiger partial charge in [0.15, 0.2) is 0 Å². The Hall–Kier alpha value is -1.82. The summed E-state index contributed by atoms with van der Waals surface area (Å²) >= 11 is 0. The molecule has 6 heteroatoms. The van der Waals surface area contributed by atoms with Gasteiger partial charge < -0.3 is 5.32 Å². The van der Waals surface area contributed by atoms with E-state index in [-0.39, 0.29) is 6.04 Å². The van der Waals surface area contributed by atoms with Crippen LogP contribution in [0, 0.1) is 0 Å². The Balaban J connectivity index is 2.40. The number of benzene rings is 1. The highest BCUT2D eigenvalue weighted by Gasteiger charge is 2.31. The third kappa shape index (κ3) is 3.44. The molecule has 0 amide bonds. The van der Waals surface area contributed by atoms with Crippen LogP contribution < -0.4 is 5.32 Å². The van der Waals surface area contributed by atoms with Gasteiger partial charge in [-0.15, -0.1) is 0 Å². The van der Waals surface area contributed by atoms with Gasteiger partial charge in [0.2, 0.25) is 0 Å². The predicted octanol–water partition coefficient (Wildman–Crippen LogP) is 3.62. The second-order valence-corrected chi connectivity index (χ2v) is 4.82. The Kier molecular flexibility index (Phi) is 4.67. The summed E-state index contributed by atoms with van der Waals surface area (Å²) in [5.74, 6) is 0. The van der Waals surface area contributed by atoms with E-state index in [9.17, 15) is 13.2 Å². The summed E-state index contributed by atoms with van der Waals surface area (Å²) < 4.78 is 40.3. The Morgan fingerprint density at radius 2 is 2.05 bits per heavy atom. The molecule has 3 nitrogen and oxygen atoms in total. The smallest absolute Gasteiger partial charge is 0.308 e. The molecule has 1 N–H and O–H groups in total. The molecule has 0 aliphatic heterocycles. The second kappa shape index (κ2) is 6.30. The zero-order valence-electron chi connectivity index (χ0n) is 12.0. The third-order valence-electron chi connectivity index (χ3n) is 3.32. The lowest BCUT2D eigenvalue weighted by Crippen LogP contribution is -2.22. The number of aromatic nitrogens is 2. The largest absolute Gasteiger partial charge is 0.416 e. The molecule has 2 rings (SSSR count). The van der Waals surface area contributed by atoms with Crippen LogP contribution in [0.5, 0.6) is 0 Å². The molecular weight excluding hydrogens is 279 g/mol. The van der Waals surface area contributed by atoms with Gasteiger partial charge in [-0.1, -0.05) is 19.1 Å². The fraction of sp³-hybridized carbons (Fsp3) is 0.400. The van der Waals surface area contributed by atoms with Crippen LogP contribution >= 0.6 is 0 Å². The number of nitrogens with one attached hydrogen (secondary N) is 1. The van der Waals surface area contributed by atoms with Gasteiger partial charge >= 0.3 is 6.18 Å². The van der Waals surface area contributed by atoms with E-state index in [4.69, 9.17) is 0 Å². The molecule has 1 aromatic carbocycles. The summed E-state index contributed by atoms with van der Waals surface area (Å²) in [6.07, 6.45) is -1.76. The zero-order chi connectivity index (χ0) is 15.5. The molecule has 0 bridgehead atoms. The SMILES string of the molecule is CCCn1nccc1C(NC)c1cccc(C(F)(F)F)c1. The molecule has 0 spiro atoms. The van der Waals surface area contributed by atoms with Crippen molar-refractivity contribution in [3.63, 3.8) is 0 Å². The van der Waals surface area contributed by atoms with Crippen LogP contribution in [0.4, 0.5) is 13.2 Å². The van der Waals surface area contributed by atoms with Crippen molar-refractivity contribution < 1.29 is 13.2 Å². The van der Waals surface area contributed by atoms with Gasteiger partial charge in [-0.3, -0.25) is 4.68 Å². The van der Waals surface area contributed by atoms with E-state index < -0.39 is 11.7 Å². The molecule has 2 aromatic rings. The lowest BCUT2D eigenvalue weighted by Gasteiger charge is -2.19. The number of halogens is 3. The normalized spacial score (nSPS) is 13.4. The van der Waals surface area contributed by atoms with Gasteiger partial charge in [-0.25, -0.2) is 0 Å². The van der Waals surface area contributed by atoms with Gasteiger partial charge in [0.1, 0.15) is 0 Å². The van der Waals surface area contributed by atoms with Crippen molar-refractivity contribution >= 4 is 0 Å². The molecule has 0 saturated heterocycles. The Labute approximate surface area is 121 Å². The molecule has 0 aliphatic rings. The zero-order valence-corrected chi connectivity index (χ0v) is 12.0. The number of nitrogens with zero attached hydrogens (tertiary/aromatic N) is 2. The van der Waals surface area contributed by atoms with E-state index in [1.54, 1.807) is 19.3 Å². The van der Waals surface area contributed by atoms with Crippen LogP contribution in [-0.2, 0) is 12.7 Å². The number of alkyl halides is 3. The van der Waals surface area contributed by atoms with Crippen LogP contribution in [0.3, 0.4) is 0 Å². The predicted molar refractivity (Wildman–Crippen MR) is 74.9 cm³/mol. The molecule has 0 fully saturated rings. The summed E-state index contributed by atoms with van der Waals surface area (Å²) in [5.41, 5.74) is 0.797. The number of hydrogen-bond donors (Lipinski definition) is 1. The molecule has 1 heterocycles. The third-order valence-corrected chi connectivity index (χ3v) is 3.32. The van der Waals surface area contributed by atoms with E-state index in [1.165, 1.54) is 12.1 Å². The average Bonchev–Trinajstić information content (AvgIpc) is 2.88. The van der Waals surface area contributed by atoms with E-state index in [0.717, 1.165) is 24.7 Å². The van der Waals surface area contributed by atoms with Crippen molar-refractivity contribution in [2.24, 2.45) is 0 Å². The van der Waals surface area contributed by atoms with Gasteiger partial charge in [-0.2, -0.15) is 18.3 Å². The van der Waals surface area contributed by atoms with Crippen LogP contribution in [0.2, 0.25) is 0 Å². The van der Waals surface area contributed by atoms with E-state index >= 15 is 0 Å². The first-order chi connectivity index (χ1) is 9.97. The quantitative estimate of drug-likeness (QED) is 0.913. The average molecular weight is 297 g/mol. The monoisotopic (exact) mass is 297 g/mol. The van der Waals surface area contributed by atoms with E-state index in [1.807, 2.05) is 17.7 Å². The van der Waals surface area contributed by atoms with Crippen LogP contribution in [-0.4, -0.2) is 16.8 Å². The summed E-state index contributed by atoms with van der Waals surface area (Å²) in [5, 5.41) is 7.30. The van der Waals surface area contributed by atoms with Crippen LogP contribution in [0.25, 0.3) is 0 Å². The molecule has 21 heavy (non-hydrogen) atoms. The van der Waals surface area contributed by atoms with E-state index in [2.05, 4.69) is 10.4 Å². The number of rotatable bonds is 5. The lowest BCUT2D eigenvalue weighted by molar-refractivity contribution is -0.137. The molecule has 0 saturated carbocycles. The van der Waals surface area contributed by atoms with Crippen molar-refractivity contribution in [1.29, 1.82) is 0 Å². The van der Waals surface area contributed by atoms with Crippen LogP contribution in [0.1, 0.15) is 36.2 Å². The topological polar surface area (TPSA) is 29.9 Å². The first kappa shape index (κ1) is 15.6. The minimum Gasteiger partial charge on any atom is -0.308 e. The maximum Gasteiger partial charge on any atom is 0.416 e. The van der Waals surface area contributed by atoms with Crippen LogP contribution in [0.15, 0.2) is 36.5 Å². The Morgan fingerprint density at radius 3 is 2.67 bits per heavy atom. The molecule has 0 radical (unpaired) electrons. The first-order valence-electron chi connectivity index (χ1n) is 6.83. The minimum atomic E-state index is -4.34. The number of hydrogen-bond acceptors (Lipinski definition) is 2. The molecule has 1 atom stereocenters. The van der Waals surface area contributed by atoms with E-state index in [0.29, 0.717) is 5.56 Å². The maximum absolute atomic E-state index is 12.8. The molecule has 1 unspecified atom stereocenters. The Morgan fingerprint density at radius 1 is 1.29 bits per heavy atom. The van der Waals surface area contributed by atoms with Gasteiger partial charge in [0, 0.05) is 12.7 Å². The van der Waals surface area contributed by atoms with Crippen molar-refractivity contribution in [2.75, 3.05) is 7.05 Å². The van der Waals surface area contributed by atoms with Crippen molar-refractivity contribution in [3.8, 4) is 0 Å². The van der Waals surface area contributed by atoms with Gasteiger partial charge in [0.25, 0.3) is 0 Å². The first-order valence-corrected chi connectivity index (χ1v) is 6.83. The fourth-order valence-corrected chi connectivity index (χ4v) is 2.37. The second-order valence-electron chi connectivity index (χ2n) is 4.82. The highest BCUT2D eigenvalue weighted by atomic mass is 19.4. The van der Waals surface area contributed by atoms with Crippen molar-refractivity contribution in [3.05, 3.63) is 53.3 Å². The summed E-state index contributed by atoms with van der Waals surface area (Å²) in [6.45, 7) is 2.77. The number of aryl methyl sites for hydroxylation is 1. The molecular formula is C15H18F3N3. The highest BCUT2D eigenvalue weighted by Crippen LogP contribution is 2.32. The van der Waals surface area contributed by atoms with Crippen molar-refractivity contribution in [1.82, 2.24) is 15.1 Å². The highest BCUT2D eigenvalue weighted by molar-refractivity contribution is 5.32.